The van der Waals surface area contributed by atoms with E-state index in [1.54, 1.807) is 0 Å². The number of hydrogen-bond acceptors (Lipinski definition) is 5. The van der Waals surface area contributed by atoms with Gasteiger partial charge in [0, 0.05) is 13.6 Å². The highest BCUT2D eigenvalue weighted by atomic mass is 16.5. The highest BCUT2D eigenvalue weighted by Gasteiger charge is 2.24. The molecule has 0 aromatic heterocycles. The zero-order valence-corrected chi connectivity index (χ0v) is 12.2. The third-order valence-electron chi connectivity index (χ3n) is 2.42. The van der Waals surface area contributed by atoms with Gasteiger partial charge in [0.05, 0.1) is 26.2 Å². The monoisotopic (exact) mass is 290 g/mol. The number of hydrogen-bond donors (Lipinski definition) is 2. The first-order valence-electron chi connectivity index (χ1n) is 6.20. The Morgan fingerprint density at radius 1 is 1.30 bits per heavy atom. The molecule has 0 aliphatic heterocycles. The number of carboxylic acid groups (broad SMARTS) is 1. The van der Waals surface area contributed by atoms with Crippen molar-refractivity contribution in [1.82, 2.24) is 10.2 Å². The van der Waals surface area contributed by atoms with Crippen LogP contribution in [0.5, 0.6) is 0 Å². The zero-order chi connectivity index (χ0) is 15.7. The highest BCUT2D eigenvalue weighted by molar-refractivity contribution is 5.86. The quantitative estimate of drug-likeness (QED) is 0.613. The highest BCUT2D eigenvalue weighted by Crippen LogP contribution is 1.97. The van der Waals surface area contributed by atoms with Crippen LogP contribution < -0.4 is 5.32 Å². The number of esters is 1. The van der Waals surface area contributed by atoms with E-state index in [-0.39, 0.29) is 6.10 Å². The summed E-state index contributed by atoms with van der Waals surface area (Å²) < 4.78 is 9.66. The lowest BCUT2D eigenvalue weighted by atomic mass is 10.2. The molecule has 0 radical (unpaired) electrons. The van der Waals surface area contributed by atoms with Crippen LogP contribution in [-0.2, 0) is 19.1 Å². The summed E-state index contributed by atoms with van der Waals surface area (Å²) in [6.45, 7) is 4.40. The molecular formula is C12H22N2O6. The van der Waals surface area contributed by atoms with Gasteiger partial charge in [-0.05, 0) is 13.8 Å². The number of aliphatic carboxylic acids is 1. The summed E-state index contributed by atoms with van der Waals surface area (Å²) in [6, 6.07) is -1.91. The fourth-order valence-corrected chi connectivity index (χ4v) is 1.24. The number of nitrogens with zero attached hydrogens (tertiary/aromatic N) is 1. The molecule has 1 atom stereocenters. The fourth-order valence-electron chi connectivity index (χ4n) is 1.24. The van der Waals surface area contributed by atoms with Crippen molar-refractivity contribution < 1.29 is 29.0 Å². The minimum absolute atomic E-state index is 0.0533. The van der Waals surface area contributed by atoms with Gasteiger partial charge in [-0.3, -0.25) is 4.79 Å². The summed E-state index contributed by atoms with van der Waals surface area (Å²) in [6.07, 6.45) is -0.369. The summed E-state index contributed by atoms with van der Waals surface area (Å²) >= 11 is 0. The van der Waals surface area contributed by atoms with Crippen LogP contribution in [0.15, 0.2) is 0 Å². The topological polar surface area (TPSA) is 105 Å². The van der Waals surface area contributed by atoms with E-state index in [2.05, 4.69) is 10.1 Å². The van der Waals surface area contributed by atoms with Gasteiger partial charge < -0.3 is 24.8 Å². The van der Waals surface area contributed by atoms with Gasteiger partial charge in [0.15, 0.2) is 0 Å². The molecule has 2 amide bonds. The maximum Gasteiger partial charge on any atom is 0.326 e. The van der Waals surface area contributed by atoms with Gasteiger partial charge in [0.2, 0.25) is 0 Å². The Morgan fingerprint density at radius 2 is 1.90 bits per heavy atom. The molecule has 0 aliphatic carbocycles. The Morgan fingerprint density at radius 3 is 2.35 bits per heavy atom. The number of nitrogens with one attached hydrogen (secondary N) is 1. The van der Waals surface area contributed by atoms with Crippen LogP contribution in [0.25, 0.3) is 0 Å². The maximum absolute atomic E-state index is 11.7. The molecule has 20 heavy (non-hydrogen) atoms. The first-order valence-corrected chi connectivity index (χ1v) is 6.20. The van der Waals surface area contributed by atoms with E-state index < -0.39 is 30.4 Å². The zero-order valence-electron chi connectivity index (χ0n) is 12.2. The van der Waals surface area contributed by atoms with Crippen LogP contribution >= 0.6 is 0 Å². The second kappa shape index (κ2) is 9.13. The van der Waals surface area contributed by atoms with Crippen LogP contribution in [0.4, 0.5) is 4.79 Å². The van der Waals surface area contributed by atoms with Crippen molar-refractivity contribution in [3.8, 4) is 0 Å². The second-order valence-corrected chi connectivity index (χ2v) is 4.46. The molecule has 8 heteroatoms. The number of urea groups is 1. The van der Waals surface area contributed by atoms with Crippen molar-refractivity contribution in [2.75, 3.05) is 27.3 Å². The SMILES string of the molecule is COC(=O)C[C@H](NC(=O)N(C)CCOC(C)C)C(=O)O. The molecule has 0 saturated heterocycles. The van der Waals surface area contributed by atoms with E-state index in [0.29, 0.717) is 13.2 Å². The fraction of sp³-hybridized carbons (Fsp3) is 0.750. The van der Waals surface area contributed by atoms with Crippen LogP contribution in [0.2, 0.25) is 0 Å². The van der Waals surface area contributed by atoms with Gasteiger partial charge in [-0.2, -0.15) is 0 Å². The predicted octanol–water partition coefficient (Wildman–Crippen LogP) is 0.0691. The smallest absolute Gasteiger partial charge is 0.326 e. The van der Waals surface area contributed by atoms with E-state index in [1.807, 2.05) is 13.8 Å². The van der Waals surface area contributed by atoms with E-state index in [1.165, 1.54) is 11.9 Å². The molecule has 0 rings (SSSR count). The third kappa shape index (κ3) is 7.57. The van der Waals surface area contributed by atoms with Gasteiger partial charge >= 0.3 is 18.0 Å². The van der Waals surface area contributed by atoms with Crippen LogP contribution in [-0.4, -0.2) is 67.4 Å². The van der Waals surface area contributed by atoms with Crippen molar-refractivity contribution in [3.05, 3.63) is 0 Å². The van der Waals surface area contributed by atoms with Crippen molar-refractivity contribution in [3.63, 3.8) is 0 Å². The van der Waals surface area contributed by atoms with E-state index in [9.17, 15) is 14.4 Å². The van der Waals surface area contributed by atoms with E-state index in [4.69, 9.17) is 9.84 Å². The van der Waals surface area contributed by atoms with Crippen LogP contribution in [0.1, 0.15) is 20.3 Å². The summed E-state index contributed by atoms with van der Waals surface area (Å²) in [5.41, 5.74) is 0. The lowest BCUT2D eigenvalue weighted by molar-refractivity contribution is -0.147. The Bertz CT molecular complexity index is 345. The molecule has 116 valence electrons. The van der Waals surface area contributed by atoms with Gasteiger partial charge in [-0.1, -0.05) is 0 Å². The van der Waals surface area contributed by atoms with Crippen molar-refractivity contribution in [2.24, 2.45) is 0 Å². The summed E-state index contributed by atoms with van der Waals surface area (Å²) in [5.74, 6) is -2.00. The van der Waals surface area contributed by atoms with Crippen LogP contribution in [0, 0.1) is 0 Å². The maximum atomic E-state index is 11.7. The molecule has 0 fully saturated rings. The normalized spacial score (nSPS) is 11.8. The van der Waals surface area contributed by atoms with Gasteiger partial charge in [-0.15, -0.1) is 0 Å². The molecule has 0 spiro atoms. The Hall–Kier alpha value is -1.83. The number of methoxy groups -OCH3 is 1. The number of likely N-dealkylation sites (N-methyl/N-ethyl adjacent to an activating group) is 1. The summed E-state index contributed by atoms with van der Waals surface area (Å²) in [5, 5.41) is 11.2. The van der Waals surface area contributed by atoms with E-state index >= 15 is 0 Å². The lowest BCUT2D eigenvalue weighted by Gasteiger charge is -2.21. The predicted molar refractivity (Wildman–Crippen MR) is 70.3 cm³/mol. The number of carbonyl (C=O) groups is 3. The first kappa shape index (κ1) is 18.2. The summed E-state index contributed by atoms with van der Waals surface area (Å²) in [7, 11) is 2.66. The first-order chi connectivity index (χ1) is 9.27. The van der Waals surface area contributed by atoms with E-state index in [0.717, 1.165) is 7.11 Å². The van der Waals surface area contributed by atoms with Crippen molar-refractivity contribution in [2.45, 2.75) is 32.4 Å². The lowest BCUT2D eigenvalue weighted by Crippen LogP contribution is -2.48. The van der Waals surface area contributed by atoms with Crippen LogP contribution in [0.3, 0.4) is 0 Å². The Balaban J connectivity index is 4.30. The average Bonchev–Trinajstić information content (AvgIpc) is 2.36. The molecule has 0 aromatic carbocycles. The third-order valence-corrected chi connectivity index (χ3v) is 2.42. The average molecular weight is 290 g/mol. The molecular weight excluding hydrogens is 268 g/mol. The molecule has 0 aromatic rings. The standard InChI is InChI=1S/C12H22N2O6/c1-8(2)20-6-5-14(3)12(18)13-9(11(16)17)7-10(15)19-4/h8-9H,5-7H2,1-4H3,(H,13,18)(H,16,17)/t9-/m0/s1. The Labute approximate surface area is 118 Å². The number of rotatable bonds is 8. The molecule has 0 bridgehead atoms. The molecule has 0 heterocycles. The van der Waals surface area contributed by atoms with Gasteiger partial charge in [0.1, 0.15) is 6.04 Å². The minimum atomic E-state index is -1.32. The number of amides is 2. The second-order valence-electron chi connectivity index (χ2n) is 4.46. The molecule has 0 unspecified atom stereocenters. The number of carboxylic acids is 1. The molecule has 0 aliphatic rings. The largest absolute Gasteiger partial charge is 0.480 e. The number of ether oxygens (including phenoxy) is 2. The molecule has 2 N–H and O–H groups in total. The number of carbonyl (C=O) groups excluding carboxylic acids is 2. The van der Waals surface area contributed by atoms with Gasteiger partial charge in [-0.25, -0.2) is 9.59 Å². The van der Waals surface area contributed by atoms with Crippen molar-refractivity contribution >= 4 is 18.0 Å². The minimum Gasteiger partial charge on any atom is -0.480 e. The molecule has 8 nitrogen and oxygen atoms in total. The summed E-state index contributed by atoms with van der Waals surface area (Å²) in [4.78, 5) is 35.0. The van der Waals surface area contributed by atoms with Crippen molar-refractivity contribution in [1.29, 1.82) is 0 Å². The van der Waals surface area contributed by atoms with Gasteiger partial charge in [0.25, 0.3) is 0 Å². The Kier molecular flexibility index (Phi) is 8.30. The molecule has 0 saturated carbocycles.